The van der Waals surface area contributed by atoms with Gasteiger partial charge in [-0.3, -0.25) is 0 Å². The van der Waals surface area contributed by atoms with Crippen LogP contribution in [0.1, 0.15) is 16.1 Å². The van der Waals surface area contributed by atoms with E-state index in [1.165, 1.54) is 6.07 Å². The Morgan fingerprint density at radius 2 is 2.13 bits per heavy atom. The molecule has 0 aliphatic heterocycles. The highest BCUT2D eigenvalue weighted by atomic mass is 16.4. The molecule has 0 aliphatic rings. The van der Waals surface area contributed by atoms with Crippen LogP contribution in [-0.2, 0) is 0 Å². The van der Waals surface area contributed by atoms with Crippen molar-refractivity contribution in [3.63, 3.8) is 0 Å². The van der Waals surface area contributed by atoms with E-state index in [0.29, 0.717) is 16.6 Å². The summed E-state index contributed by atoms with van der Waals surface area (Å²) in [5.41, 5.74) is 7.18. The van der Waals surface area contributed by atoms with Crippen LogP contribution in [0, 0.1) is 6.92 Å². The molecule has 15 heavy (non-hydrogen) atoms. The summed E-state index contributed by atoms with van der Waals surface area (Å²) < 4.78 is 0. The quantitative estimate of drug-likeness (QED) is 0.419. The number of aromatic nitrogens is 1. The van der Waals surface area contributed by atoms with Crippen LogP contribution in [0.15, 0.2) is 12.1 Å². The number of aromatic amines is 1. The molecule has 5 nitrogen and oxygen atoms in total. The second kappa shape index (κ2) is 2.91. The molecule has 0 spiro atoms. The molecule has 0 bridgehead atoms. The topological polar surface area (TPSA) is 99.3 Å². The number of carboxylic acid groups (broad SMARTS) is 1. The number of carbonyl (C=O) groups is 1. The molecule has 0 fully saturated rings. The predicted molar refractivity (Wildman–Crippen MR) is 56.1 cm³/mol. The number of benzene rings is 1. The highest BCUT2D eigenvalue weighted by molar-refractivity contribution is 6.04. The summed E-state index contributed by atoms with van der Waals surface area (Å²) in [5.74, 6) is -1.45. The van der Waals surface area contributed by atoms with Crippen molar-refractivity contribution in [2.75, 3.05) is 5.73 Å². The van der Waals surface area contributed by atoms with Gasteiger partial charge in [0.05, 0.1) is 11.2 Å². The molecule has 0 atom stereocenters. The van der Waals surface area contributed by atoms with Gasteiger partial charge in [0.15, 0.2) is 0 Å². The van der Waals surface area contributed by atoms with Crippen LogP contribution in [0.4, 0.5) is 5.69 Å². The van der Waals surface area contributed by atoms with Crippen LogP contribution in [0.25, 0.3) is 10.9 Å². The number of aryl methyl sites for hydroxylation is 1. The lowest BCUT2D eigenvalue weighted by atomic mass is 10.1. The molecule has 1 aromatic carbocycles. The van der Waals surface area contributed by atoms with Gasteiger partial charge in [0.1, 0.15) is 11.3 Å². The maximum atomic E-state index is 10.8. The second-order valence-corrected chi connectivity index (χ2v) is 3.41. The zero-order valence-corrected chi connectivity index (χ0v) is 8.03. The van der Waals surface area contributed by atoms with Crippen LogP contribution >= 0.6 is 0 Å². The van der Waals surface area contributed by atoms with Crippen molar-refractivity contribution in [2.45, 2.75) is 6.92 Å². The Bertz CT molecular complexity index is 557. The number of phenols is 1. The number of nitrogens with one attached hydrogen (secondary N) is 1. The number of carboxylic acids is 1. The molecular formula is C10H10N2O3. The van der Waals surface area contributed by atoms with E-state index in [-0.39, 0.29) is 11.3 Å². The fourth-order valence-electron chi connectivity index (χ4n) is 1.61. The van der Waals surface area contributed by atoms with Gasteiger partial charge in [0, 0.05) is 11.1 Å². The third-order valence-corrected chi connectivity index (χ3v) is 2.28. The average molecular weight is 206 g/mol. The Morgan fingerprint density at radius 1 is 1.47 bits per heavy atom. The van der Waals surface area contributed by atoms with Crippen molar-refractivity contribution in [3.8, 4) is 5.75 Å². The Labute approximate surface area is 85.1 Å². The van der Waals surface area contributed by atoms with E-state index in [4.69, 9.17) is 10.8 Å². The molecule has 0 saturated carbocycles. The molecule has 5 heteroatoms. The monoisotopic (exact) mass is 206 g/mol. The molecular weight excluding hydrogens is 196 g/mol. The highest BCUT2D eigenvalue weighted by Gasteiger charge is 2.16. The molecule has 2 rings (SSSR count). The first kappa shape index (κ1) is 9.39. The molecule has 5 N–H and O–H groups in total. The first-order valence-electron chi connectivity index (χ1n) is 4.34. The van der Waals surface area contributed by atoms with E-state index < -0.39 is 5.97 Å². The molecule has 2 aromatic rings. The van der Waals surface area contributed by atoms with Gasteiger partial charge in [-0.1, -0.05) is 0 Å². The van der Waals surface area contributed by atoms with Gasteiger partial charge in [-0.15, -0.1) is 0 Å². The SMILES string of the molecule is Cc1cc2c(O)c(C(=O)O)cc(N)c2[nH]1. The summed E-state index contributed by atoms with van der Waals surface area (Å²) in [4.78, 5) is 13.8. The van der Waals surface area contributed by atoms with E-state index in [1.54, 1.807) is 13.0 Å². The molecule has 0 saturated heterocycles. The Morgan fingerprint density at radius 3 is 2.73 bits per heavy atom. The zero-order valence-electron chi connectivity index (χ0n) is 8.03. The number of nitrogen functional groups attached to an aromatic ring is 1. The maximum Gasteiger partial charge on any atom is 0.339 e. The molecule has 78 valence electrons. The lowest BCUT2D eigenvalue weighted by Gasteiger charge is -2.03. The van der Waals surface area contributed by atoms with Crippen molar-refractivity contribution >= 4 is 22.6 Å². The predicted octanol–water partition coefficient (Wildman–Crippen LogP) is 1.46. The summed E-state index contributed by atoms with van der Waals surface area (Å²) in [6, 6.07) is 2.91. The molecule has 1 aromatic heterocycles. The minimum atomic E-state index is -1.19. The van der Waals surface area contributed by atoms with Crippen molar-refractivity contribution < 1.29 is 15.0 Å². The van der Waals surface area contributed by atoms with Gasteiger partial charge < -0.3 is 20.9 Å². The van der Waals surface area contributed by atoms with Crippen LogP contribution in [0.5, 0.6) is 5.75 Å². The number of anilines is 1. The number of hydrogen-bond acceptors (Lipinski definition) is 3. The number of aromatic carboxylic acids is 1. The Hall–Kier alpha value is -2.17. The van der Waals surface area contributed by atoms with Gasteiger partial charge in [-0.25, -0.2) is 4.79 Å². The van der Waals surface area contributed by atoms with Gasteiger partial charge >= 0.3 is 5.97 Å². The van der Waals surface area contributed by atoms with Crippen LogP contribution in [-0.4, -0.2) is 21.2 Å². The number of rotatable bonds is 1. The lowest BCUT2D eigenvalue weighted by Crippen LogP contribution is -1.99. The van der Waals surface area contributed by atoms with Gasteiger partial charge in [0.25, 0.3) is 0 Å². The van der Waals surface area contributed by atoms with Crippen molar-refractivity contribution in [3.05, 3.63) is 23.4 Å². The third-order valence-electron chi connectivity index (χ3n) is 2.28. The number of nitrogens with two attached hydrogens (primary N) is 1. The molecule has 0 amide bonds. The summed E-state index contributed by atoms with van der Waals surface area (Å²) >= 11 is 0. The second-order valence-electron chi connectivity index (χ2n) is 3.41. The van der Waals surface area contributed by atoms with Crippen molar-refractivity contribution in [1.82, 2.24) is 4.98 Å². The van der Waals surface area contributed by atoms with Crippen molar-refractivity contribution in [1.29, 1.82) is 0 Å². The zero-order chi connectivity index (χ0) is 11.2. The molecule has 0 radical (unpaired) electrons. The van der Waals surface area contributed by atoms with E-state index in [1.807, 2.05) is 0 Å². The van der Waals surface area contributed by atoms with E-state index in [2.05, 4.69) is 4.98 Å². The number of hydrogen-bond donors (Lipinski definition) is 4. The normalized spacial score (nSPS) is 10.7. The van der Waals surface area contributed by atoms with Gasteiger partial charge in [-0.2, -0.15) is 0 Å². The summed E-state index contributed by atoms with van der Waals surface area (Å²) in [7, 11) is 0. The first-order valence-corrected chi connectivity index (χ1v) is 4.34. The van der Waals surface area contributed by atoms with Crippen LogP contribution in [0.2, 0.25) is 0 Å². The fraction of sp³-hybridized carbons (Fsp3) is 0.100. The van der Waals surface area contributed by atoms with Crippen LogP contribution < -0.4 is 5.73 Å². The maximum absolute atomic E-state index is 10.8. The Kier molecular flexibility index (Phi) is 1.82. The minimum absolute atomic E-state index is 0.181. The van der Waals surface area contributed by atoms with E-state index in [9.17, 15) is 9.90 Å². The number of H-pyrrole nitrogens is 1. The van der Waals surface area contributed by atoms with Gasteiger partial charge in [-0.05, 0) is 19.1 Å². The highest BCUT2D eigenvalue weighted by Crippen LogP contribution is 2.33. The number of aromatic hydroxyl groups is 1. The number of fused-ring (bicyclic) bond motifs is 1. The van der Waals surface area contributed by atoms with E-state index in [0.717, 1.165) is 5.69 Å². The van der Waals surface area contributed by atoms with Gasteiger partial charge in [0.2, 0.25) is 0 Å². The molecule has 1 heterocycles. The standard InChI is InChI=1S/C10H10N2O3/c1-4-2-5-8(12-4)7(11)3-6(9(5)13)10(14)15/h2-3,12-13H,11H2,1H3,(H,14,15). The third kappa shape index (κ3) is 1.28. The minimum Gasteiger partial charge on any atom is -0.506 e. The molecule has 0 unspecified atom stereocenters. The summed E-state index contributed by atoms with van der Waals surface area (Å²) in [6.07, 6.45) is 0. The van der Waals surface area contributed by atoms with E-state index >= 15 is 0 Å². The fourth-order valence-corrected chi connectivity index (χ4v) is 1.61. The van der Waals surface area contributed by atoms with Crippen LogP contribution in [0.3, 0.4) is 0 Å². The lowest BCUT2D eigenvalue weighted by molar-refractivity contribution is 0.0694. The Balaban J connectivity index is 2.89. The summed E-state index contributed by atoms with van der Waals surface area (Å²) in [5, 5.41) is 19.0. The molecule has 0 aliphatic carbocycles. The smallest absolute Gasteiger partial charge is 0.339 e. The summed E-state index contributed by atoms with van der Waals surface area (Å²) in [6.45, 7) is 1.80. The first-order chi connectivity index (χ1) is 7.00. The largest absolute Gasteiger partial charge is 0.506 e. The average Bonchev–Trinajstić information content (AvgIpc) is 2.53. The van der Waals surface area contributed by atoms with Crippen molar-refractivity contribution in [2.24, 2.45) is 0 Å².